The molecule has 0 saturated heterocycles. The number of para-hydroxylation sites is 2. The molecule has 112 valence electrons. The quantitative estimate of drug-likeness (QED) is 0.750. The number of H-pyrrole nitrogens is 1. The van der Waals surface area contributed by atoms with Crippen molar-refractivity contribution in [2.24, 2.45) is 0 Å². The van der Waals surface area contributed by atoms with Gasteiger partial charge in [-0.3, -0.25) is 4.79 Å². The summed E-state index contributed by atoms with van der Waals surface area (Å²) in [5, 5.41) is 0.505. The van der Waals surface area contributed by atoms with E-state index in [1.807, 2.05) is 24.3 Å². The predicted octanol–water partition coefficient (Wildman–Crippen LogP) is 2.98. The standard InChI is InChI=1S/C18H18N2O2/c1-18(2,3)13-9-5-7-11-15(13)20-16(21)12-8-4-6-10-14(12)19-17(20)22/h4-11H,1-3H3,(H,19,22). The molecule has 0 aliphatic heterocycles. The van der Waals surface area contributed by atoms with Gasteiger partial charge >= 0.3 is 5.69 Å². The van der Waals surface area contributed by atoms with E-state index in [4.69, 9.17) is 0 Å². The molecule has 0 saturated carbocycles. The Hall–Kier alpha value is -2.62. The lowest BCUT2D eigenvalue weighted by atomic mass is 9.86. The summed E-state index contributed by atoms with van der Waals surface area (Å²) < 4.78 is 1.23. The fourth-order valence-corrected chi connectivity index (χ4v) is 2.68. The van der Waals surface area contributed by atoms with Gasteiger partial charge in [0, 0.05) is 0 Å². The minimum absolute atomic E-state index is 0.173. The van der Waals surface area contributed by atoms with Gasteiger partial charge in [0.05, 0.1) is 16.6 Å². The third-order valence-corrected chi connectivity index (χ3v) is 3.76. The van der Waals surface area contributed by atoms with Gasteiger partial charge in [-0.25, -0.2) is 9.36 Å². The lowest BCUT2D eigenvalue weighted by molar-refractivity contribution is 0.584. The number of nitrogens with one attached hydrogen (secondary N) is 1. The van der Waals surface area contributed by atoms with Gasteiger partial charge in [-0.15, -0.1) is 0 Å². The second-order valence-electron chi connectivity index (χ2n) is 6.38. The van der Waals surface area contributed by atoms with Crippen LogP contribution in [0.25, 0.3) is 16.6 Å². The van der Waals surface area contributed by atoms with Crippen molar-refractivity contribution in [1.82, 2.24) is 9.55 Å². The maximum absolute atomic E-state index is 12.8. The van der Waals surface area contributed by atoms with Crippen LogP contribution in [0.2, 0.25) is 0 Å². The SMILES string of the molecule is CC(C)(C)c1ccccc1-n1c(=O)[nH]c2ccccc2c1=O. The molecule has 0 bridgehead atoms. The molecule has 1 aromatic heterocycles. The van der Waals surface area contributed by atoms with Crippen LogP contribution in [-0.2, 0) is 5.41 Å². The average molecular weight is 294 g/mol. The molecular formula is C18H18N2O2. The molecule has 0 amide bonds. The zero-order valence-electron chi connectivity index (χ0n) is 12.9. The second kappa shape index (κ2) is 4.98. The van der Waals surface area contributed by atoms with Gasteiger partial charge in [0.1, 0.15) is 0 Å². The lowest BCUT2D eigenvalue weighted by Gasteiger charge is -2.23. The summed E-state index contributed by atoms with van der Waals surface area (Å²) in [7, 11) is 0. The van der Waals surface area contributed by atoms with Gasteiger partial charge in [0.15, 0.2) is 0 Å². The fraction of sp³-hybridized carbons (Fsp3) is 0.222. The molecule has 1 N–H and O–H groups in total. The zero-order chi connectivity index (χ0) is 15.9. The third-order valence-electron chi connectivity index (χ3n) is 3.76. The molecule has 0 aliphatic carbocycles. The summed E-state index contributed by atoms with van der Waals surface area (Å²) in [6.45, 7) is 6.18. The number of hydrogen-bond donors (Lipinski definition) is 1. The van der Waals surface area contributed by atoms with E-state index in [0.29, 0.717) is 16.6 Å². The Morgan fingerprint density at radius 1 is 0.909 bits per heavy atom. The van der Waals surface area contributed by atoms with Crippen LogP contribution in [0.15, 0.2) is 58.1 Å². The highest BCUT2D eigenvalue weighted by atomic mass is 16.2. The highest BCUT2D eigenvalue weighted by molar-refractivity contribution is 5.77. The molecule has 4 heteroatoms. The summed E-state index contributed by atoms with van der Waals surface area (Å²) >= 11 is 0. The zero-order valence-corrected chi connectivity index (χ0v) is 12.9. The first-order valence-corrected chi connectivity index (χ1v) is 7.23. The van der Waals surface area contributed by atoms with E-state index in [0.717, 1.165) is 5.56 Å². The van der Waals surface area contributed by atoms with Crippen molar-refractivity contribution in [2.75, 3.05) is 0 Å². The largest absolute Gasteiger partial charge is 0.333 e. The Morgan fingerprint density at radius 3 is 2.27 bits per heavy atom. The molecule has 0 fully saturated rings. The normalized spacial score (nSPS) is 11.8. The number of benzene rings is 2. The van der Waals surface area contributed by atoms with Gasteiger partial charge in [-0.1, -0.05) is 51.1 Å². The second-order valence-corrected chi connectivity index (χ2v) is 6.38. The molecule has 22 heavy (non-hydrogen) atoms. The molecule has 0 atom stereocenters. The van der Waals surface area contributed by atoms with Crippen molar-refractivity contribution in [3.8, 4) is 5.69 Å². The molecular weight excluding hydrogens is 276 g/mol. The lowest BCUT2D eigenvalue weighted by Crippen LogP contribution is -2.35. The Morgan fingerprint density at radius 2 is 1.55 bits per heavy atom. The topological polar surface area (TPSA) is 54.9 Å². The molecule has 4 nitrogen and oxygen atoms in total. The average Bonchev–Trinajstić information content (AvgIpc) is 2.47. The molecule has 3 rings (SSSR count). The number of aromatic nitrogens is 2. The van der Waals surface area contributed by atoms with Gasteiger partial charge in [0.25, 0.3) is 5.56 Å². The first-order valence-electron chi connectivity index (χ1n) is 7.23. The van der Waals surface area contributed by atoms with Crippen LogP contribution in [0.1, 0.15) is 26.3 Å². The van der Waals surface area contributed by atoms with Crippen LogP contribution >= 0.6 is 0 Å². The molecule has 0 aliphatic rings. The van der Waals surface area contributed by atoms with Crippen molar-refractivity contribution in [3.63, 3.8) is 0 Å². The van der Waals surface area contributed by atoms with E-state index in [-0.39, 0.29) is 11.0 Å². The smallest absolute Gasteiger partial charge is 0.306 e. The van der Waals surface area contributed by atoms with Crippen LogP contribution in [0.4, 0.5) is 0 Å². The first-order chi connectivity index (χ1) is 10.4. The third kappa shape index (κ3) is 2.26. The molecule has 0 radical (unpaired) electrons. The number of nitrogens with zero attached hydrogens (tertiary/aromatic N) is 1. The summed E-state index contributed by atoms with van der Waals surface area (Å²) in [6, 6.07) is 14.6. The number of hydrogen-bond acceptors (Lipinski definition) is 2. The Labute approximate surface area is 128 Å². The highest BCUT2D eigenvalue weighted by Crippen LogP contribution is 2.27. The van der Waals surface area contributed by atoms with Crippen LogP contribution < -0.4 is 11.2 Å². The minimum atomic E-state index is -0.416. The number of aromatic amines is 1. The molecule has 0 spiro atoms. The Kier molecular flexibility index (Phi) is 3.24. The molecule has 1 heterocycles. The van der Waals surface area contributed by atoms with Crippen molar-refractivity contribution in [1.29, 1.82) is 0 Å². The van der Waals surface area contributed by atoms with Crippen molar-refractivity contribution in [3.05, 3.63) is 74.9 Å². The Balaban J connectivity index is 2.43. The van der Waals surface area contributed by atoms with Gasteiger partial charge in [-0.2, -0.15) is 0 Å². The number of fused-ring (bicyclic) bond motifs is 1. The fourth-order valence-electron chi connectivity index (χ4n) is 2.68. The van der Waals surface area contributed by atoms with Crippen LogP contribution in [-0.4, -0.2) is 9.55 Å². The summed E-state index contributed by atoms with van der Waals surface area (Å²) in [5.74, 6) is 0. The van der Waals surface area contributed by atoms with Gasteiger partial charge < -0.3 is 4.98 Å². The molecule has 3 aromatic rings. The van der Waals surface area contributed by atoms with Crippen molar-refractivity contribution in [2.45, 2.75) is 26.2 Å². The number of rotatable bonds is 1. The minimum Gasteiger partial charge on any atom is -0.306 e. The van der Waals surface area contributed by atoms with Crippen LogP contribution in [0, 0.1) is 0 Å². The van der Waals surface area contributed by atoms with E-state index in [9.17, 15) is 9.59 Å². The predicted molar refractivity (Wildman–Crippen MR) is 88.9 cm³/mol. The van der Waals surface area contributed by atoms with Gasteiger partial charge in [0.2, 0.25) is 0 Å². The van der Waals surface area contributed by atoms with E-state index in [1.54, 1.807) is 24.3 Å². The van der Waals surface area contributed by atoms with Crippen molar-refractivity contribution >= 4 is 10.9 Å². The summed E-state index contributed by atoms with van der Waals surface area (Å²) in [4.78, 5) is 28.0. The summed E-state index contributed by atoms with van der Waals surface area (Å²) in [6.07, 6.45) is 0. The van der Waals surface area contributed by atoms with E-state index in [1.165, 1.54) is 4.57 Å². The van der Waals surface area contributed by atoms with Gasteiger partial charge in [-0.05, 0) is 29.2 Å². The highest BCUT2D eigenvalue weighted by Gasteiger charge is 2.20. The Bertz CT molecular complexity index is 959. The maximum atomic E-state index is 12.8. The molecule has 0 unspecified atom stereocenters. The van der Waals surface area contributed by atoms with Crippen LogP contribution in [0.3, 0.4) is 0 Å². The van der Waals surface area contributed by atoms with Crippen LogP contribution in [0.5, 0.6) is 0 Å². The van der Waals surface area contributed by atoms with E-state index in [2.05, 4.69) is 25.8 Å². The first kappa shape index (κ1) is 14.3. The van der Waals surface area contributed by atoms with Crippen molar-refractivity contribution < 1.29 is 0 Å². The summed E-state index contributed by atoms with van der Waals surface area (Å²) in [5.41, 5.74) is 1.26. The monoisotopic (exact) mass is 294 g/mol. The van der Waals surface area contributed by atoms with E-state index < -0.39 is 5.69 Å². The molecule has 2 aromatic carbocycles. The maximum Gasteiger partial charge on any atom is 0.333 e. The van der Waals surface area contributed by atoms with E-state index >= 15 is 0 Å².